The van der Waals surface area contributed by atoms with E-state index in [9.17, 15) is 9.90 Å². The molecule has 1 N–H and O–H groups in total. The highest BCUT2D eigenvalue weighted by Crippen LogP contribution is 2.32. The highest BCUT2D eigenvalue weighted by atomic mass is 16.4. The van der Waals surface area contributed by atoms with Crippen molar-refractivity contribution in [3.05, 3.63) is 63.1 Å². The van der Waals surface area contributed by atoms with E-state index in [0.717, 1.165) is 16.6 Å². The first-order valence-electron chi connectivity index (χ1n) is 9.05. The number of fused-ring (bicyclic) bond motifs is 2. The Balaban J connectivity index is 2.02. The maximum absolute atomic E-state index is 13.0. The van der Waals surface area contributed by atoms with E-state index in [1.165, 1.54) is 0 Å². The normalized spacial score (nSPS) is 12.8. The van der Waals surface area contributed by atoms with Crippen LogP contribution in [-0.2, 0) is 6.42 Å². The molecular weight excluding hydrogens is 342 g/mol. The summed E-state index contributed by atoms with van der Waals surface area (Å²) in [4.78, 5) is 17.4. The Morgan fingerprint density at radius 2 is 1.93 bits per heavy atom. The van der Waals surface area contributed by atoms with Crippen molar-refractivity contribution < 1.29 is 13.9 Å². The lowest BCUT2D eigenvalue weighted by Gasteiger charge is -2.13. The fourth-order valence-electron chi connectivity index (χ4n) is 3.42. The number of aliphatic hydroxyl groups is 1. The number of benzene rings is 2. The summed E-state index contributed by atoms with van der Waals surface area (Å²) in [7, 11) is 0. The molecule has 4 aromatic rings. The van der Waals surface area contributed by atoms with Crippen LogP contribution >= 0.6 is 0 Å². The number of oxazole rings is 1. The van der Waals surface area contributed by atoms with Crippen LogP contribution < -0.4 is 5.43 Å². The van der Waals surface area contributed by atoms with Crippen LogP contribution in [0.25, 0.3) is 33.4 Å². The van der Waals surface area contributed by atoms with Gasteiger partial charge in [0.2, 0.25) is 0 Å². The lowest BCUT2D eigenvalue weighted by atomic mass is 10.00. The number of nitrogens with zero attached hydrogens (tertiary/aromatic N) is 1. The molecule has 0 unspecified atom stereocenters. The minimum atomic E-state index is -0.741. The molecular formula is C22H21NO4. The second kappa shape index (κ2) is 6.35. The fourth-order valence-corrected chi connectivity index (χ4v) is 3.42. The van der Waals surface area contributed by atoms with Gasteiger partial charge in [0, 0.05) is 23.1 Å². The zero-order valence-corrected chi connectivity index (χ0v) is 15.8. The van der Waals surface area contributed by atoms with Gasteiger partial charge in [0.05, 0.1) is 11.5 Å². The van der Waals surface area contributed by atoms with Gasteiger partial charge in [0.15, 0.2) is 16.9 Å². The van der Waals surface area contributed by atoms with Gasteiger partial charge < -0.3 is 13.9 Å². The molecule has 0 spiro atoms. The third-order valence-electron chi connectivity index (χ3n) is 4.84. The van der Waals surface area contributed by atoms with Crippen LogP contribution in [0.4, 0.5) is 0 Å². The molecule has 0 fully saturated rings. The van der Waals surface area contributed by atoms with Gasteiger partial charge >= 0.3 is 0 Å². The third kappa shape index (κ3) is 2.84. The van der Waals surface area contributed by atoms with E-state index in [-0.39, 0.29) is 5.43 Å². The van der Waals surface area contributed by atoms with E-state index in [4.69, 9.17) is 8.83 Å². The van der Waals surface area contributed by atoms with Gasteiger partial charge in [-0.25, -0.2) is 4.98 Å². The van der Waals surface area contributed by atoms with Crippen LogP contribution in [0.1, 0.15) is 42.5 Å². The van der Waals surface area contributed by atoms with Crippen molar-refractivity contribution in [2.75, 3.05) is 0 Å². The first-order chi connectivity index (χ1) is 12.9. The van der Waals surface area contributed by atoms with E-state index in [1.54, 1.807) is 19.9 Å². The van der Waals surface area contributed by atoms with Gasteiger partial charge in [-0.1, -0.05) is 6.92 Å². The average Bonchev–Trinajstić information content (AvgIpc) is 3.06. The fraction of sp³-hybridized carbons (Fsp3) is 0.273. The van der Waals surface area contributed by atoms with E-state index >= 15 is 0 Å². The third-order valence-corrected chi connectivity index (χ3v) is 4.84. The first kappa shape index (κ1) is 17.5. The molecule has 0 amide bonds. The molecule has 0 saturated heterocycles. The highest BCUT2D eigenvalue weighted by molar-refractivity contribution is 5.86. The van der Waals surface area contributed by atoms with Crippen molar-refractivity contribution in [3.8, 4) is 11.3 Å². The molecule has 0 aliphatic rings. The Morgan fingerprint density at radius 3 is 2.63 bits per heavy atom. The van der Waals surface area contributed by atoms with Gasteiger partial charge in [-0.15, -0.1) is 0 Å². The number of rotatable bonds is 3. The molecule has 2 aromatic carbocycles. The quantitative estimate of drug-likeness (QED) is 0.564. The number of hydrogen-bond acceptors (Lipinski definition) is 5. The van der Waals surface area contributed by atoms with Gasteiger partial charge in [0.25, 0.3) is 0 Å². The maximum Gasteiger partial charge on any atom is 0.196 e. The largest absolute Gasteiger partial charge is 0.455 e. The maximum atomic E-state index is 13.0. The molecule has 2 heterocycles. The molecule has 1 atom stereocenters. The standard InChI is InChI=1S/C22H21NO4/c1-5-19-23-17-7-6-14(10-18(17)26-19)21-12(3)20(25)16-9-11(2)8-15(13(4)24)22(16)27-21/h6-10,13,24H,5H2,1-4H3/t13-/m1/s1. The van der Waals surface area contributed by atoms with Gasteiger partial charge in [-0.2, -0.15) is 0 Å². The van der Waals surface area contributed by atoms with E-state index < -0.39 is 6.10 Å². The van der Waals surface area contributed by atoms with E-state index in [1.807, 2.05) is 38.1 Å². The molecule has 5 nitrogen and oxygen atoms in total. The number of aliphatic hydroxyl groups excluding tert-OH is 1. The minimum absolute atomic E-state index is 0.0937. The van der Waals surface area contributed by atoms with Crippen molar-refractivity contribution in [1.29, 1.82) is 0 Å². The molecule has 0 bridgehead atoms. The van der Waals surface area contributed by atoms with Crippen molar-refractivity contribution in [2.45, 2.75) is 40.2 Å². The Morgan fingerprint density at radius 1 is 1.15 bits per heavy atom. The monoisotopic (exact) mass is 363 g/mol. The lowest BCUT2D eigenvalue weighted by Crippen LogP contribution is -2.09. The second-order valence-corrected chi connectivity index (χ2v) is 6.94. The summed E-state index contributed by atoms with van der Waals surface area (Å²) in [5.74, 6) is 1.15. The lowest BCUT2D eigenvalue weighted by molar-refractivity contribution is 0.199. The Kier molecular flexibility index (Phi) is 4.12. The predicted molar refractivity (Wildman–Crippen MR) is 105 cm³/mol. The summed E-state index contributed by atoms with van der Waals surface area (Å²) in [6, 6.07) is 9.23. The van der Waals surface area contributed by atoms with Crippen LogP contribution in [0.3, 0.4) is 0 Å². The van der Waals surface area contributed by atoms with Crippen molar-refractivity contribution in [2.24, 2.45) is 0 Å². The second-order valence-electron chi connectivity index (χ2n) is 6.94. The molecule has 4 rings (SSSR count). The minimum Gasteiger partial charge on any atom is -0.455 e. The van der Waals surface area contributed by atoms with Crippen molar-refractivity contribution in [3.63, 3.8) is 0 Å². The summed E-state index contributed by atoms with van der Waals surface area (Å²) in [6.07, 6.45) is -0.0273. The van der Waals surface area contributed by atoms with Crippen LogP contribution in [0.15, 0.2) is 44.0 Å². The molecule has 27 heavy (non-hydrogen) atoms. The SMILES string of the molecule is CCc1nc2ccc(-c3oc4c([C@@H](C)O)cc(C)cc4c(=O)c3C)cc2o1. The number of hydrogen-bond donors (Lipinski definition) is 1. The van der Waals surface area contributed by atoms with E-state index in [2.05, 4.69) is 4.98 Å². The average molecular weight is 363 g/mol. The highest BCUT2D eigenvalue weighted by Gasteiger charge is 2.18. The number of aromatic nitrogens is 1. The van der Waals surface area contributed by atoms with Gasteiger partial charge in [0.1, 0.15) is 16.9 Å². The Labute approximate surface area is 156 Å². The summed E-state index contributed by atoms with van der Waals surface area (Å²) < 4.78 is 11.9. The Hall–Kier alpha value is -2.92. The number of aryl methyl sites for hydroxylation is 2. The zero-order valence-electron chi connectivity index (χ0n) is 15.8. The molecule has 2 aromatic heterocycles. The van der Waals surface area contributed by atoms with Crippen LogP contribution in [-0.4, -0.2) is 10.1 Å². The van der Waals surface area contributed by atoms with E-state index in [0.29, 0.717) is 45.8 Å². The van der Waals surface area contributed by atoms with Crippen LogP contribution in [0.5, 0.6) is 0 Å². The summed E-state index contributed by atoms with van der Waals surface area (Å²) in [5.41, 5.74) is 4.55. The summed E-state index contributed by atoms with van der Waals surface area (Å²) in [6.45, 7) is 7.31. The Bertz CT molecular complexity index is 1230. The molecule has 0 aliphatic carbocycles. The van der Waals surface area contributed by atoms with Gasteiger partial charge in [-0.3, -0.25) is 4.79 Å². The zero-order chi connectivity index (χ0) is 19.3. The molecule has 0 aliphatic heterocycles. The van der Waals surface area contributed by atoms with Crippen molar-refractivity contribution >= 4 is 22.1 Å². The van der Waals surface area contributed by atoms with Crippen molar-refractivity contribution in [1.82, 2.24) is 4.98 Å². The molecule has 0 saturated carbocycles. The summed E-state index contributed by atoms with van der Waals surface area (Å²) >= 11 is 0. The topological polar surface area (TPSA) is 76.5 Å². The first-order valence-corrected chi connectivity index (χ1v) is 9.05. The van der Waals surface area contributed by atoms with Crippen LogP contribution in [0.2, 0.25) is 0 Å². The van der Waals surface area contributed by atoms with Gasteiger partial charge in [-0.05, 0) is 56.7 Å². The molecule has 0 radical (unpaired) electrons. The molecule has 138 valence electrons. The smallest absolute Gasteiger partial charge is 0.196 e. The molecule has 5 heteroatoms. The van der Waals surface area contributed by atoms with Crippen LogP contribution in [0, 0.1) is 13.8 Å². The predicted octanol–water partition coefficient (Wildman–Crippen LogP) is 4.83. The summed E-state index contributed by atoms with van der Waals surface area (Å²) in [5, 5.41) is 10.6.